The number of benzene rings is 1. The van der Waals surface area contributed by atoms with Gasteiger partial charge in [-0.2, -0.15) is 0 Å². The average molecular weight is 336 g/mol. The third-order valence-electron chi connectivity index (χ3n) is 2.90. The Balaban J connectivity index is 2.16. The van der Waals surface area contributed by atoms with E-state index in [1.165, 1.54) is 31.4 Å². The molecule has 0 saturated heterocycles. The molecule has 0 atom stereocenters. The van der Waals surface area contributed by atoms with Gasteiger partial charge in [-0.3, -0.25) is 0 Å². The zero-order chi connectivity index (χ0) is 17.8. The molecule has 7 heteroatoms. The largest absolute Gasteiger partial charge is 0.513 e. The van der Waals surface area contributed by atoms with E-state index in [-0.39, 0.29) is 12.4 Å². The van der Waals surface area contributed by atoms with Crippen LogP contribution in [0.4, 0.5) is 4.79 Å². The second-order valence-corrected chi connectivity index (χ2v) is 4.65. The molecule has 0 amide bonds. The molecule has 24 heavy (non-hydrogen) atoms. The molecule has 0 aliphatic heterocycles. The lowest BCUT2D eigenvalue weighted by Crippen LogP contribution is -2.12. The Kier molecular flexibility index (Phi) is 8.67. The number of rotatable bonds is 9. The zero-order valence-corrected chi connectivity index (χ0v) is 13.5. The molecule has 0 unspecified atom stereocenters. The maximum absolute atomic E-state index is 11.5. The molecule has 1 aromatic rings. The van der Waals surface area contributed by atoms with Crippen molar-refractivity contribution >= 4 is 18.1 Å². The number of methoxy groups -OCH3 is 1. The number of unbranched alkanes of at least 4 members (excludes halogenated alkanes) is 2. The summed E-state index contributed by atoms with van der Waals surface area (Å²) in [6.07, 6.45) is 2.33. The normalized spacial score (nSPS) is 9.71. The van der Waals surface area contributed by atoms with Crippen molar-refractivity contribution in [2.24, 2.45) is 0 Å². The van der Waals surface area contributed by atoms with Crippen molar-refractivity contribution in [1.82, 2.24) is 0 Å². The molecule has 1 rings (SSSR count). The number of carbonyl (C=O) groups excluding carboxylic acids is 3. The summed E-state index contributed by atoms with van der Waals surface area (Å²) in [6.45, 7) is 3.80. The SMILES string of the molecule is C=CC(=O)OCCCCCOC(=O)Oc1ccc(C(=O)OC)cc1. The lowest BCUT2D eigenvalue weighted by atomic mass is 10.2. The highest BCUT2D eigenvalue weighted by Crippen LogP contribution is 2.13. The summed E-state index contributed by atoms with van der Waals surface area (Å²) < 4.78 is 19.3. The molecule has 0 saturated carbocycles. The molecule has 7 nitrogen and oxygen atoms in total. The summed E-state index contributed by atoms with van der Waals surface area (Å²) >= 11 is 0. The fourth-order valence-corrected chi connectivity index (χ4v) is 1.67. The highest BCUT2D eigenvalue weighted by Gasteiger charge is 2.08. The molecular weight excluding hydrogens is 316 g/mol. The highest BCUT2D eigenvalue weighted by atomic mass is 16.7. The summed E-state index contributed by atoms with van der Waals surface area (Å²) in [6, 6.07) is 5.92. The first-order valence-corrected chi connectivity index (χ1v) is 7.39. The van der Waals surface area contributed by atoms with E-state index >= 15 is 0 Å². The lowest BCUT2D eigenvalue weighted by Gasteiger charge is -2.06. The molecule has 0 radical (unpaired) electrons. The maximum Gasteiger partial charge on any atom is 0.513 e. The number of esters is 2. The Labute approximate surface area is 140 Å². The van der Waals surface area contributed by atoms with Crippen molar-refractivity contribution in [3.63, 3.8) is 0 Å². The van der Waals surface area contributed by atoms with Crippen LogP contribution in [0.5, 0.6) is 5.75 Å². The summed E-state index contributed by atoms with van der Waals surface area (Å²) in [7, 11) is 1.29. The van der Waals surface area contributed by atoms with Gasteiger partial charge in [0, 0.05) is 6.08 Å². The Bertz CT molecular complexity index is 563. The first-order valence-electron chi connectivity index (χ1n) is 7.39. The summed E-state index contributed by atoms with van der Waals surface area (Å²) in [4.78, 5) is 33.5. The van der Waals surface area contributed by atoms with Gasteiger partial charge >= 0.3 is 18.1 Å². The maximum atomic E-state index is 11.5. The van der Waals surface area contributed by atoms with E-state index in [0.717, 1.165) is 12.5 Å². The van der Waals surface area contributed by atoms with Gasteiger partial charge in [0.2, 0.25) is 0 Å². The van der Waals surface area contributed by atoms with Crippen LogP contribution in [-0.4, -0.2) is 38.4 Å². The number of carbonyl (C=O) groups is 3. The zero-order valence-electron chi connectivity index (χ0n) is 13.5. The van der Waals surface area contributed by atoms with Gasteiger partial charge in [0.05, 0.1) is 25.9 Å². The van der Waals surface area contributed by atoms with E-state index in [0.29, 0.717) is 25.0 Å². The standard InChI is InChI=1S/C17H20O7/c1-3-15(18)22-11-5-4-6-12-23-17(20)24-14-9-7-13(8-10-14)16(19)21-2/h3,7-10H,1,4-6,11-12H2,2H3. The number of hydrogen-bond acceptors (Lipinski definition) is 7. The Morgan fingerprint density at radius 3 is 2.21 bits per heavy atom. The molecular formula is C17H20O7. The van der Waals surface area contributed by atoms with Crippen LogP contribution < -0.4 is 4.74 Å². The number of ether oxygens (including phenoxy) is 4. The van der Waals surface area contributed by atoms with Crippen LogP contribution >= 0.6 is 0 Å². The van der Waals surface area contributed by atoms with Crippen LogP contribution in [0.25, 0.3) is 0 Å². The van der Waals surface area contributed by atoms with Crippen molar-refractivity contribution in [3.8, 4) is 5.75 Å². The smallest absolute Gasteiger partial charge is 0.465 e. The van der Waals surface area contributed by atoms with Gasteiger partial charge in [-0.05, 0) is 43.5 Å². The molecule has 0 heterocycles. The number of hydrogen-bond donors (Lipinski definition) is 0. The Hall–Kier alpha value is -2.83. The molecule has 0 aliphatic carbocycles. The predicted molar refractivity (Wildman–Crippen MR) is 84.8 cm³/mol. The van der Waals surface area contributed by atoms with Crippen molar-refractivity contribution in [2.75, 3.05) is 20.3 Å². The van der Waals surface area contributed by atoms with E-state index in [1.807, 2.05) is 0 Å². The van der Waals surface area contributed by atoms with Gasteiger partial charge < -0.3 is 18.9 Å². The lowest BCUT2D eigenvalue weighted by molar-refractivity contribution is -0.137. The summed E-state index contributed by atoms with van der Waals surface area (Å²) in [5.74, 6) is -0.653. The summed E-state index contributed by atoms with van der Waals surface area (Å²) in [5, 5.41) is 0. The van der Waals surface area contributed by atoms with Crippen LogP contribution in [0.3, 0.4) is 0 Å². The second-order valence-electron chi connectivity index (χ2n) is 4.65. The Morgan fingerprint density at radius 1 is 1.00 bits per heavy atom. The van der Waals surface area contributed by atoms with E-state index in [9.17, 15) is 14.4 Å². The fraction of sp³-hybridized carbons (Fsp3) is 0.353. The monoisotopic (exact) mass is 336 g/mol. The van der Waals surface area contributed by atoms with Crippen molar-refractivity contribution in [3.05, 3.63) is 42.5 Å². The Morgan fingerprint density at radius 2 is 1.62 bits per heavy atom. The van der Waals surface area contributed by atoms with E-state index in [2.05, 4.69) is 11.3 Å². The molecule has 0 spiro atoms. The second kappa shape index (κ2) is 10.8. The first-order chi connectivity index (χ1) is 11.6. The molecule has 1 aromatic carbocycles. The van der Waals surface area contributed by atoms with Gasteiger partial charge in [0.25, 0.3) is 0 Å². The van der Waals surface area contributed by atoms with E-state index in [1.54, 1.807) is 0 Å². The van der Waals surface area contributed by atoms with Crippen LogP contribution in [0, 0.1) is 0 Å². The molecule has 130 valence electrons. The van der Waals surface area contributed by atoms with Gasteiger partial charge in [0.1, 0.15) is 5.75 Å². The van der Waals surface area contributed by atoms with Gasteiger partial charge in [-0.1, -0.05) is 6.58 Å². The average Bonchev–Trinajstić information content (AvgIpc) is 2.60. The quantitative estimate of drug-likeness (QED) is 0.225. The highest BCUT2D eigenvalue weighted by molar-refractivity contribution is 5.89. The van der Waals surface area contributed by atoms with Crippen LogP contribution in [-0.2, 0) is 19.0 Å². The van der Waals surface area contributed by atoms with Gasteiger partial charge in [-0.15, -0.1) is 0 Å². The van der Waals surface area contributed by atoms with Gasteiger partial charge in [-0.25, -0.2) is 14.4 Å². The minimum absolute atomic E-state index is 0.203. The molecule has 0 aliphatic rings. The van der Waals surface area contributed by atoms with E-state index < -0.39 is 18.1 Å². The molecule has 0 N–H and O–H groups in total. The molecule has 0 fully saturated rings. The van der Waals surface area contributed by atoms with Crippen LogP contribution in [0.1, 0.15) is 29.6 Å². The van der Waals surface area contributed by atoms with Crippen molar-refractivity contribution in [1.29, 1.82) is 0 Å². The first kappa shape index (κ1) is 19.2. The molecule has 0 aromatic heterocycles. The summed E-state index contributed by atoms with van der Waals surface area (Å²) in [5.41, 5.74) is 0.357. The van der Waals surface area contributed by atoms with Crippen molar-refractivity contribution in [2.45, 2.75) is 19.3 Å². The minimum Gasteiger partial charge on any atom is -0.465 e. The predicted octanol–water partition coefficient (Wildman–Crippen LogP) is 2.89. The third-order valence-corrected chi connectivity index (χ3v) is 2.90. The van der Waals surface area contributed by atoms with Crippen LogP contribution in [0.15, 0.2) is 36.9 Å². The van der Waals surface area contributed by atoms with Crippen LogP contribution in [0.2, 0.25) is 0 Å². The molecule has 0 bridgehead atoms. The third kappa shape index (κ3) is 7.44. The van der Waals surface area contributed by atoms with E-state index in [4.69, 9.17) is 14.2 Å². The fourth-order valence-electron chi connectivity index (χ4n) is 1.67. The minimum atomic E-state index is -0.820. The van der Waals surface area contributed by atoms with Gasteiger partial charge in [0.15, 0.2) is 0 Å². The topological polar surface area (TPSA) is 88.1 Å². The van der Waals surface area contributed by atoms with Crippen molar-refractivity contribution < 1.29 is 33.3 Å².